The quantitative estimate of drug-likeness (QED) is 0.725. The zero-order valence-electron chi connectivity index (χ0n) is 6.68. The summed E-state index contributed by atoms with van der Waals surface area (Å²) in [4.78, 5) is 12.3. The Morgan fingerprint density at radius 2 is 2.55 bits per heavy atom. The zero-order chi connectivity index (χ0) is 8.27. The molecule has 0 saturated heterocycles. The highest BCUT2D eigenvalue weighted by molar-refractivity contribution is 7.10. The van der Waals surface area contributed by atoms with E-state index in [1.54, 1.807) is 11.3 Å². The molecule has 0 atom stereocenters. The average molecular weight is 171 g/mol. The first-order valence-corrected chi connectivity index (χ1v) is 4.45. The Balaban J connectivity index is 0.00000121. The van der Waals surface area contributed by atoms with E-state index in [0.717, 1.165) is 5.56 Å². The highest BCUT2D eigenvalue weighted by Crippen LogP contribution is 2.12. The van der Waals surface area contributed by atoms with Gasteiger partial charge in [0.1, 0.15) is 0 Å². The molecule has 0 aromatic carbocycles. The summed E-state index contributed by atoms with van der Waals surface area (Å²) >= 11 is 1.60. The fraction of sp³-hybridized carbons (Fsp3) is 0.375. The third kappa shape index (κ3) is 2.05. The molecule has 1 aromatic heterocycles. The standard InChI is InChI=1S/C8H11NOS.H2/c1-3-9-8(10)7-4-6(2)11-5-7;/h4-5H,3H2,1-2H3,(H,9,10);1H. The first-order valence-electron chi connectivity index (χ1n) is 3.57. The van der Waals surface area contributed by atoms with E-state index in [1.807, 2.05) is 25.3 Å². The summed E-state index contributed by atoms with van der Waals surface area (Å²) in [7, 11) is 0. The number of carbonyl (C=O) groups excluding carboxylic acids is 1. The van der Waals surface area contributed by atoms with Gasteiger partial charge < -0.3 is 5.32 Å². The predicted molar refractivity (Wildman–Crippen MR) is 49.2 cm³/mol. The molecule has 3 heteroatoms. The van der Waals surface area contributed by atoms with E-state index in [4.69, 9.17) is 0 Å². The third-order valence-electron chi connectivity index (χ3n) is 1.33. The summed E-state index contributed by atoms with van der Waals surface area (Å²) in [5.41, 5.74) is 0.773. The molecule has 1 aromatic rings. The molecule has 0 aliphatic heterocycles. The van der Waals surface area contributed by atoms with Crippen molar-refractivity contribution in [3.8, 4) is 0 Å². The molecular weight excluding hydrogens is 158 g/mol. The van der Waals surface area contributed by atoms with E-state index in [1.165, 1.54) is 4.88 Å². The second-order valence-electron chi connectivity index (χ2n) is 2.31. The molecule has 0 unspecified atom stereocenters. The highest BCUT2D eigenvalue weighted by Gasteiger charge is 2.04. The summed E-state index contributed by atoms with van der Waals surface area (Å²) in [6.45, 7) is 4.60. The van der Waals surface area contributed by atoms with E-state index in [2.05, 4.69) is 5.32 Å². The molecule has 0 bridgehead atoms. The molecule has 0 aliphatic rings. The van der Waals surface area contributed by atoms with Crippen LogP contribution in [-0.2, 0) is 0 Å². The molecule has 1 heterocycles. The number of hydrogen-bond donors (Lipinski definition) is 1. The van der Waals surface area contributed by atoms with Gasteiger partial charge >= 0.3 is 0 Å². The van der Waals surface area contributed by atoms with Crippen molar-refractivity contribution in [2.45, 2.75) is 13.8 Å². The topological polar surface area (TPSA) is 29.1 Å². The van der Waals surface area contributed by atoms with Crippen LogP contribution < -0.4 is 5.32 Å². The number of hydrogen-bond acceptors (Lipinski definition) is 2. The van der Waals surface area contributed by atoms with Gasteiger partial charge in [-0.1, -0.05) is 0 Å². The van der Waals surface area contributed by atoms with Gasteiger partial charge in [0, 0.05) is 18.2 Å². The molecule has 1 N–H and O–H groups in total. The minimum absolute atomic E-state index is 0. The van der Waals surface area contributed by atoms with Gasteiger partial charge in [0.25, 0.3) is 5.91 Å². The van der Waals surface area contributed by atoms with Gasteiger partial charge in [-0.3, -0.25) is 4.79 Å². The molecule has 1 amide bonds. The maximum absolute atomic E-state index is 11.2. The molecule has 0 fully saturated rings. The van der Waals surface area contributed by atoms with E-state index in [0.29, 0.717) is 6.54 Å². The van der Waals surface area contributed by atoms with Crippen LogP contribution in [0.4, 0.5) is 0 Å². The number of thiophene rings is 1. The SMILES string of the molecule is CCNC(=O)c1csc(C)c1.[HH]. The number of aryl methyl sites for hydroxylation is 1. The number of rotatable bonds is 2. The maximum Gasteiger partial charge on any atom is 0.252 e. The van der Waals surface area contributed by atoms with Crippen LogP contribution in [0.15, 0.2) is 11.4 Å². The van der Waals surface area contributed by atoms with Crippen LogP contribution in [0, 0.1) is 6.92 Å². The van der Waals surface area contributed by atoms with Crippen LogP contribution in [-0.4, -0.2) is 12.5 Å². The summed E-state index contributed by atoms with van der Waals surface area (Å²) in [5.74, 6) is 0.0249. The summed E-state index contributed by atoms with van der Waals surface area (Å²) in [6.07, 6.45) is 0. The number of amides is 1. The Bertz CT molecular complexity index is 259. The normalized spacial score (nSPS) is 9.64. The molecule has 0 radical (unpaired) electrons. The first kappa shape index (κ1) is 8.27. The van der Waals surface area contributed by atoms with Gasteiger partial charge in [-0.15, -0.1) is 11.3 Å². The largest absolute Gasteiger partial charge is 0.352 e. The average Bonchev–Trinajstić information content (AvgIpc) is 2.36. The smallest absolute Gasteiger partial charge is 0.252 e. The monoisotopic (exact) mass is 171 g/mol. The van der Waals surface area contributed by atoms with Gasteiger partial charge in [-0.05, 0) is 19.9 Å². The third-order valence-corrected chi connectivity index (χ3v) is 2.19. The van der Waals surface area contributed by atoms with E-state index in [9.17, 15) is 4.79 Å². The molecule has 0 saturated carbocycles. The Kier molecular flexibility index (Phi) is 2.65. The molecule has 0 aliphatic carbocycles. The first-order chi connectivity index (χ1) is 5.24. The number of nitrogens with one attached hydrogen (secondary N) is 1. The minimum atomic E-state index is 0. The molecule has 1 rings (SSSR count). The fourth-order valence-electron chi connectivity index (χ4n) is 0.825. The zero-order valence-corrected chi connectivity index (χ0v) is 7.49. The van der Waals surface area contributed by atoms with Crippen molar-refractivity contribution in [1.29, 1.82) is 0 Å². The van der Waals surface area contributed by atoms with Crippen LogP contribution >= 0.6 is 11.3 Å². The molecule has 11 heavy (non-hydrogen) atoms. The Morgan fingerprint density at radius 3 is 3.00 bits per heavy atom. The highest BCUT2D eigenvalue weighted by atomic mass is 32.1. The lowest BCUT2D eigenvalue weighted by molar-refractivity contribution is 0.0956. The molecule has 0 spiro atoms. The lowest BCUT2D eigenvalue weighted by atomic mass is 10.3. The van der Waals surface area contributed by atoms with Crippen molar-refractivity contribution in [2.75, 3.05) is 6.54 Å². The fourth-order valence-corrected chi connectivity index (χ4v) is 1.51. The van der Waals surface area contributed by atoms with Crippen LogP contribution in [0.2, 0.25) is 0 Å². The van der Waals surface area contributed by atoms with E-state index in [-0.39, 0.29) is 7.33 Å². The lowest BCUT2D eigenvalue weighted by Crippen LogP contribution is -2.21. The molecule has 2 nitrogen and oxygen atoms in total. The molecular formula is C8H13NOS. The van der Waals surface area contributed by atoms with Crippen molar-refractivity contribution < 1.29 is 6.22 Å². The Morgan fingerprint density at radius 1 is 1.82 bits per heavy atom. The predicted octanol–water partition coefficient (Wildman–Crippen LogP) is 2.05. The van der Waals surface area contributed by atoms with E-state index >= 15 is 0 Å². The van der Waals surface area contributed by atoms with Crippen LogP contribution in [0.5, 0.6) is 0 Å². The van der Waals surface area contributed by atoms with Crippen molar-refractivity contribution in [3.05, 3.63) is 21.9 Å². The van der Waals surface area contributed by atoms with Crippen molar-refractivity contribution in [3.63, 3.8) is 0 Å². The Hall–Kier alpha value is -0.830. The van der Waals surface area contributed by atoms with E-state index < -0.39 is 0 Å². The van der Waals surface area contributed by atoms with Crippen molar-refractivity contribution in [1.82, 2.24) is 5.32 Å². The van der Waals surface area contributed by atoms with Crippen molar-refractivity contribution in [2.24, 2.45) is 0 Å². The summed E-state index contributed by atoms with van der Waals surface area (Å²) < 4.78 is 0. The van der Waals surface area contributed by atoms with Crippen LogP contribution in [0.25, 0.3) is 0 Å². The van der Waals surface area contributed by atoms with Gasteiger partial charge in [-0.2, -0.15) is 0 Å². The number of carbonyl (C=O) groups is 1. The molecule has 62 valence electrons. The second-order valence-corrected chi connectivity index (χ2v) is 3.42. The summed E-state index contributed by atoms with van der Waals surface area (Å²) in [5, 5.41) is 4.62. The minimum Gasteiger partial charge on any atom is -0.352 e. The Labute approximate surface area is 71.7 Å². The van der Waals surface area contributed by atoms with Gasteiger partial charge in [0.15, 0.2) is 0 Å². The lowest BCUT2D eigenvalue weighted by Gasteiger charge is -1.96. The maximum atomic E-state index is 11.2. The van der Waals surface area contributed by atoms with Crippen molar-refractivity contribution >= 4 is 17.2 Å². The van der Waals surface area contributed by atoms with Gasteiger partial charge in [0.05, 0.1) is 5.56 Å². The summed E-state index contributed by atoms with van der Waals surface area (Å²) in [6, 6.07) is 1.90. The second kappa shape index (κ2) is 3.53. The van der Waals surface area contributed by atoms with Gasteiger partial charge in [0.2, 0.25) is 0 Å². The van der Waals surface area contributed by atoms with Gasteiger partial charge in [-0.25, -0.2) is 0 Å². The van der Waals surface area contributed by atoms with Crippen LogP contribution in [0.3, 0.4) is 0 Å². The van der Waals surface area contributed by atoms with Crippen LogP contribution in [0.1, 0.15) is 23.6 Å².